The second-order valence-corrected chi connectivity index (χ2v) is 7.35. The van der Waals surface area contributed by atoms with Gasteiger partial charge in [-0.25, -0.2) is 4.98 Å². The van der Waals surface area contributed by atoms with Gasteiger partial charge in [-0.1, -0.05) is 74.0 Å². The molecule has 0 bridgehead atoms. The summed E-state index contributed by atoms with van der Waals surface area (Å²) in [6.07, 6.45) is 0. The Bertz CT molecular complexity index is 896. The van der Waals surface area contributed by atoms with Crippen LogP contribution in [0.4, 0.5) is 11.8 Å². The smallest absolute Gasteiger partial charge is 0.225 e. The first-order valence-corrected chi connectivity index (χ1v) is 9.66. The monoisotopic (exact) mass is 376 g/mol. The Labute approximate surface area is 166 Å². The van der Waals surface area contributed by atoms with Gasteiger partial charge >= 0.3 is 0 Å². The SMILES string of the molecule is Cc1cccc(CNc2cc(-c3ccccc3)nc(N[C@@H](CO)C(C)C)n2)c1. The molecular weight excluding hydrogens is 348 g/mol. The third-order valence-electron chi connectivity index (χ3n) is 4.67. The first-order valence-electron chi connectivity index (χ1n) is 9.66. The molecule has 0 aliphatic heterocycles. The van der Waals surface area contributed by atoms with Crippen LogP contribution < -0.4 is 10.6 Å². The van der Waals surface area contributed by atoms with Crippen LogP contribution in [0, 0.1) is 12.8 Å². The zero-order valence-electron chi connectivity index (χ0n) is 16.7. The number of aromatic nitrogens is 2. The molecule has 0 radical (unpaired) electrons. The fourth-order valence-corrected chi connectivity index (χ4v) is 2.96. The molecule has 2 aromatic carbocycles. The summed E-state index contributed by atoms with van der Waals surface area (Å²) in [6, 6.07) is 20.3. The Morgan fingerprint density at radius 1 is 0.964 bits per heavy atom. The molecule has 0 aliphatic rings. The van der Waals surface area contributed by atoms with Crippen LogP contribution in [0.25, 0.3) is 11.3 Å². The molecule has 0 saturated carbocycles. The second kappa shape index (κ2) is 9.33. The van der Waals surface area contributed by atoms with E-state index in [1.54, 1.807) is 0 Å². The number of nitrogens with one attached hydrogen (secondary N) is 2. The van der Waals surface area contributed by atoms with Gasteiger partial charge in [0.2, 0.25) is 5.95 Å². The predicted molar refractivity (Wildman–Crippen MR) is 115 cm³/mol. The molecule has 0 spiro atoms. The highest BCUT2D eigenvalue weighted by Crippen LogP contribution is 2.22. The summed E-state index contributed by atoms with van der Waals surface area (Å²) in [7, 11) is 0. The van der Waals surface area contributed by atoms with Crippen molar-refractivity contribution in [3.8, 4) is 11.3 Å². The molecule has 0 fully saturated rings. The topological polar surface area (TPSA) is 70.1 Å². The fourth-order valence-electron chi connectivity index (χ4n) is 2.96. The number of rotatable bonds is 8. The van der Waals surface area contributed by atoms with E-state index < -0.39 is 0 Å². The first-order chi connectivity index (χ1) is 13.5. The number of anilines is 2. The molecule has 5 nitrogen and oxygen atoms in total. The standard InChI is InChI=1S/C23H28N4O/c1-16(2)21(15-28)26-23-25-20(19-10-5-4-6-11-19)13-22(27-23)24-14-18-9-7-8-17(3)12-18/h4-13,16,21,28H,14-15H2,1-3H3,(H2,24,25,26,27)/t21-/m0/s1. The van der Waals surface area contributed by atoms with Crippen molar-refractivity contribution in [1.29, 1.82) is 0 Å². The minimum absolute atomic E-state index is 0.0304. The van der Waals surface area contributed by atoms with E-state index in [0.29, 0.717) is 12.5 Å². The number of aryl methyl sites for hydroxylation is 1. The molecular formula is C23H28N4O. The Morgan fingerprint density at radius 3 is 2.43 bits per heavy atom. The second-order valence-electron chi connectivity index (χ2n) is 7.35. The van der Waals surface area contributed by atoms with Crippen molar-refractivity contribution >= 4 is 11.8 Å². The van der Waals surface area contributed by atoms with Gasteiger partial charge in [-0.15, -0.1) is 0 Å². The Kier molecular flexibility index (Phi) is 6.61. The molecule has 5 heteroatoms. The zero-order chi connectivity index (χ0) is 19.9. The molecule has 1 atom stereocenters. The van der Waals surface area contributed by atoms with Gasteiger partial charge < -0.3 is 15.7 Å². The molecule has 0 saturated heterocycles. The normalized spacial score (nSPS) is 12.0. The lowest BCUT2D eigenvalue weighted by atomic mass is 10.1. The lowest BCUT2D eigenvalue weighted by molar-refractivity contribution is 0.248. The third-order valence-corrected chi connectivity index (χ3v) is 4.67. The van der Waals surface area contributed by atoms with Crippen LogP contribution in [-0.4, -0.2) is 27.7 Å². The molecule has 0 amide bonds. The minimum Gasteiger partial charge on any atom is -0.394 e. The number of aliphatic hydroxyl groups excluding tert-OH is 1. The summed E-state index contributed by atoms with van der Waals surface area (Å²) in [5.74, 6) is 1.52. The van der Waals surface area contributed by atoms with Crippen molar-refractivity contribution in [3.63, 3.8) is 0 Å². The quantitative estimate of drug-likeness (QED) is 0.540. The maximum Gasteiger partial charge on any atom is 0.225 e. The van der Waals surface area contributed by atoms with Gasteiger partial charge in [-0.2, -0.15) is 4.98 Å². The van der Waals surface area contributed by atoms with Gasteiger partial charge in [0, 0.05) is 18.2 Å². The van der Waals surface area contributed by atoms with Crippen molar-refractivity contribution in [1.82, 2.24) is 9.97 Å². The Hall–Kier alpha value is -2.92. The van der Waals surface area contributed by atoms with E-state index >= 15 is 0 Å². The lowest BCUT2D eigenvalue weighted by Gasteiger charge is -2.20. The van der Waals surface area contributed by atoms with E-state index in [1.807, 2.05) is 36.4 Å². The van der Waals surface area contributed by atoms with E-state index in [-0.39, 0.29) is 18.6 Å². The molecule has 28 heavy (non-hydrogen) atoms. The summed E-state index contributed by atoms with van der Waals surface area (Å²) < 4.78 is 0. The number of aliphatic hydroxyl groups is 1. The largest absolute Gasteiger partial charge is 0.394 e. The van der Waals surface area contributed by atoms with E-state index in [1.165, 1.54) is 11.1 Å². The van der Waals surface area contributed by atoms with Gasteiger partial charge in [0.1, 0.15) is 5.82 Å². The van der Waals surface area contributed by atoms with Crippen LogP contribution in [0.3, 0.4) is 0 Å². The van der Waals surface area contributed by atoms with E-state index in [0.717, 1.165) is 17.1 Å². The highest BCUT2D eigenvalue weighted by molar-refractivity contribution is 5.64. The fraction of sp³-hybridized carbons (Fsp3) is 0.304. The van der Waals surface area contributed by atoms with Crippen LogP contribution in [0.1, 0.15) is 25.0 Å². The average Bonchev–Trinajstić information content (AvgIpc) is 2.71. The van der Waals surface area contributed by atoms with Crippen LogP contribution in [-0.2, 0) is 6.54 Å². The predicted octanol–water partition coefficient (Wildman–Crippen LogP) is 4.49. The average molecular weight is 377 g/mol. The van der Waals surface area contributed by atoms with E-state index in [2.05, 4.69) is 65.6 Å². The summed E-state index contributed by atoms with van der Waals surface area (Å²) in [6.45, 7) is 6.92. The number of benzene rings is 2. The van der Waals surface area contributed by atoms with Crippen LogP contribution in [0.5, 0.6) is 0 Å². The van der Waals surface area contributed by atoms with Gasteiger partial charge in [-0.05, 0) is 18.4 Å². The summed E-state index contributed by atoms with van der Waals surface area (Å²) in [5.41, 5.74) is 4.30. The van der Waals surface area contributed by atoms with Crippen molar-refractivity contribution in [2.45, 2.75) is 33.4 Å². The van der Waals surface area contributed by atoms with Gasteiger partial charge in [0.25, 0.3) is 0 Å². The molecule has 3 rings (SSSR count). The number of hydrogen-bond acceptors (Lipinski definition) is 5. The molecule has 3 N–H and O–H groups in total. The molecule has 0 unspecified atom stereocenters. The Balaban J connectivity index is 1.88. The summed E-state index contributed by atoms with van der Waals surface area (Å²) in [5, 5.41) is 16.3. The molecule has 1 aromatic heterocycles. The molecule has 0 aliphatic carbocycles. The third kappa shape index (κ3) is 5.30. The number of nitrogens with zero attached hydrogens (tertiary/aromatic N) is 2. The molecule has 3 aromatic rings. The van der Waals surface area contributed by atoms with Crippen LogP contribution >= 0.6 is 0 Å². The van der Waals surface area contributed by atoms with Gasteiger partial charge in [0.15, 0.2) is 0 Å². The Morgan fingerprint density at radius 2 is 1.75 bits per heavy atom. The highest BCUT2D eigenvalue weighted by atomic mass is 16.3. The maximum absolute atomic E-state index is 9.66. The maximum atomic E-state index is 9.66. The zero-order valence-corrected chi connectivity index (χ0v) is 16.7. The van der Waals surface area contributed by atoms with Gasteiger partial charge in [0.05, 0.1) is 18.3 Å². The highest BCUT2D eigenvalue weighted by Gasteiger charge is 2.15. The van der Waals surface area contributed by atoms with E-state index in [4.69, 9.17) is 0 Å². The van der Waals surface area contributed by atoms with Crippen LogP contribution in [0.15, 0.2) is 60.7 Å². The van der Waals surface area contributed by atoms with Crippen LogP contribution in [0.2, 0.25) is 0 Å². The summed E-state index contributed by atoms with van der Waals surface area (Å²) in [4.78, 5) is 9.29. The lowest BCUT2D eigenvalue weighted by Crippen LogP contribution is -2.30. The van der Waals surface area contributed by atoms with Gasteiger partial charge in [-0.3, -0.25) is 0 Å². The minimum atomic E-state index is -0.101. The van der Waals surface area contributed by atoms with Crippen molar-refractivity contribution in [3.05, 3.63) is 71.8 Å². The first kappa shape index (κ1) is 19.8. The van der Waals surface area contributed by atoms with E-state index in [9.17, 15) is 5.11 Å². The van der Waals surface area contributed by atoms with Crippen molar-refractivity contribution in [2.24, 2.45) is 5.92 Å². The van der Waals surface area contributed by atoms with Crippen molar-refractivity contribution < 1.29 is 5.11 Å². The van der Waals surface area contributed by atoms with Crippen molar-refractivity contribution in [2.75, 3.05) is 17.2 Å². The molecule has 146 valence electrons. The summed E-state index contributed by atoms with van der Waals surface area (Å²) >= 11 is 0. The molecule has 1 heterocycles. The number of hydrogen-bond donors (Lipinski definition) is 3.